The minimum absolute atomic E-state index is 0.207. The fourth-order valence-corrected chi connectivity index (χ4v) is 2.11. The lowest BCUT2D eigenvalue weighted by Crippen LogP contribution is -2.09. The van der Waals surface area contributed by atoms with Gasteiger partial charge in [0.15, 0.2) is 0 Å². The van der Waals surface area contributed by atoms with Crippen molar-refractivity contribution in [2.24, 2.45) is 5.73 Å². The maximum absolute atomic E-state index is 5.97. The lowest BCUT2D eigenvalue weighted by atomic mass is 10.2. The number of para-hydroxylation sites is 1. The van der Waals surface area contributed by atoms with Gasteiger partial charge >= 0.3 is 0 Å². The van der Waals surface area contributed by atoms with Crippen molar-refractivity contribution in [3.63, 3.8) is 0 Å². The highest BCUT2D eigenvalue weighted by molar-refractivity contribution is 5.80. The smallest absolute Gasteiger partial charge is 0.243 e. The highest BCUT2D eigenvalue weighted by Crippen LogP contribution is 2.21. The Bertz CT molecular complexity index is 722. The molecule has 0 saturated heterocycles. The summed E-state index contributed by atoms with van der Waals surface area (Å²) in [5.41, 5.74) is 7.58. The lowest BCUT2D eigenvalue weighted by Gasteiger charge is -2.02. The molecule has 0 aliphatic carbocycles. The summed E-state index contributed by atoms with van der Waals surface area (Å²) in [5.74, 6) is 0.953. The predicted octanol–water partition coefficient (Wildman–Crippen LogP) is 3.08. The number of hydrogen-bond acceptors (Lipinski definition) is 5. The summed E-state index contributed by atoms with van der Waals surface area (Å²) in [7, 11) is 0. The monoisotopic (exact) mass is 268 g/mol. The van der Waals surface area contributed by atoms with Crippen LogP contribution in [-0.4, -0.2) is 15.1 Å². The molecule has 0 unspecified atom stereocenters. The molecule has 20 heavy (non-hydrogen) atoms. The maximum Gasteiger partial charge on any atom is 0.243 e. The molecule has 0 amide bonds. The van der Waals surface area contributed by atoms with Crippen molar-refractivity contribution >= 4 is 10.9 Å². The number of aromatic nitrogens is 3. The second kappa shape index (κ2) is 5.38. The first-order chi connectivity index (χ1) is 9.78. The van der Waals surface area contributed by atoms with Crippen LogP contribution in [0.5, 0.6) is 0 Å². The van der Waals surface area contributed by atoms with Gasteiger partial charge in [0.2, 0.25) is 11.7 Å². The Morgan fingerprint density at radius 3 is 2.85 bits per heavy atom. The standard InChI is InChI=1S/C15H16N4O/c1-2-5-11(16)15-18-14(19-20-15)13-9-8-10-6-3-4-7-12(10)17-13/h3-4,6-9,11H,2,5,16H2,1H3/t11-/m1/s1. The Balaban J connectivity index is 1.94. The van der Waals surface area contributed by atoms with Crippen LogP contribution >= 0.6 is 0 Å². The van der Waals surface area contributed by atoms with Crippen LogP contribution in [0.1, 0.15) is 31.7 Å². The minimum atomic E-state index is -0.207. The van der Waals surface area contributed by atoms with Gasteiger partial charge in [0.1, 0.15) is 5.69 Å². The molecule has 0 spiro atoms. The van der Waals surface area contributed by atoms with E-state index in [-0.39, 0.29) is 6.04 Å². The van der Waals surface area contributed by atoms with Crippen LogP contribution in [0.15, 0.2) is 40.9 Å². The summed E-state index contributed by atoms with van der Waals surface area (Å²) in [6.45, 7) is 2.07. The normalized spacial score (nSPS) is 12.7. The Labute approximate surface area is 116 Å². The van der Waals surface area contributed by atoms with E-state index < -0.39 is 0 Å². The molecule has 5 nitrogen and oxygen atoms in total. The topological polar surface area (TPSA) is 77.8 Å². The summed E-state index contributed by atoms with van der Waals surface area (Å²) < 4.78 is 5.22. The Morgan fingerprint density at radius 2 is 2.00 bits per heavy atom. The first-order valence-corrected chi connectivity index (χ1v) is 6.73. The molecule has 0 bridgehead atoms. The second-order valence-corrected chi connectivity index (χ2v) is 4.74. The number of pyridine rings is 1. The van der Waals surface area contributed by atoms with E-state index in [0.29, 0.717) is 17.4 Å². The van der Waals surface area contributed by atoms with E-state index >= 15 is 0 Å². The third-order valence-corrected chi connectivity index (χ3v) is 3.19. The average Bonchev–Trinajstić information content (AvgIpc) is 2.97. The van der Waals surface area contributed by atoms with Crippen LogP contribution in [0.25, 0.3) is 22.4 Å². The van der Waals surface area contributed by atoms with Gasteiger partial charge in [0.05, 0.1) is 11.6 Å². The van der Waals surface area contributed by atoms with Gasteiger partial charge in [-0.3, -0.25) is 0 Å². The molecule has 3 rings (SSSR count). The van der Waals surface area contributed by atoms with Gasteiger partial charge in [-0.1, -0.05) is 42.8 Å². The van der Waals surface area contributed by atoms with E-state index in [4.69, 9.17) is 10.3 Å². The average molecular weight is 268 g/mol. The molecular weight excluding hydrogens is 252 g/mol. The van der Waals surface area contributed by atoms with Crippen LogP contribution < -0.4 is 5.73 Å². The number of nitrogens with two attached hydrogens (primary N) is 1. The number of rotatable bonds is 4. The molecule has 0 radical (unpaired) electrons. The number of hydrogen-bond donors (Lipinski definition) is 1. The number of nitrogens with zero attached hydrogens (tertiary/aromatic N) is 3. The van der Waals surface area contributed by atoms with Gasteiger partial charge in [0.25, 0.3) is 0 Å². The third-order valence-electron chi connectivity index (χ3n) is 3.19. The van der Waals surface area contributed by atoms with Gasteiger partial charge in [0, 0.05) is 5.39 Å². The summed E-state index contributed by atoms with van der Waals surface area (Å²) >= 11 is 0. The van der Waals surface area contributed by atoms with Crippen LogP contribution in [0.3, 0.4) is 0 Å². The second-order valence-electron chi connectivity index (χ2n) is 4.74. The molecule has 0 fully saturated rings. The van der Waals surface area contributed by atoms with Crippen molar-refractivity contribution < 1.29 is 4.52 Å². The van der Waals surface area contributed by atoms with Crippen molar-refractivity contribution in [2.45, 2.75) is 25.8 Å². The van der Waals surface area contributed by atoms with Crippen LogP contribution in [-0.2, 0) is 0 Å². The zero-order valence-corrected chi connectivity index (χ0v) is 11.3. The Morgan fingerprint density at radius 1 is 1.15 bits per heavy atom. The summed E-state index contributed by atoms with van der Waals surface area (Å²) in [4.78, 5) is 8.88. The van der Waals surface area contributed by atoms with Crippen LogP contribution in [0, 0.1) is 0 Å². The first kappa shape index (κ1) is 12.7. The molecule has 0 aliphatic rings. The van der Waals surface area contributed by atoms with Gasteiger partial charge < -0.3 is 10.3 Å². The van der Waals surface area contributed by atoms with Crippen molar-refractivity contribution in [1.82, 2.24) is 15.1 Å². The molecule has 5 heteroatoms. The van der Waals surface area contributed by atoms with Crippen molar-refractivity contribution in [1.29, 1.82) is 0 Å². The minimum Gasteiger partial charge on any atom is -0.337 e. The summed E-state index contributed by atoms with van der Waals surface area (Å²) in [5, 5.41) is 5.05. The highest BCUT2D eigenvalue weighted by Gasteiger charge is 2.15. The van der Waals surface area contributed by atoms with E-state index in [2.05, 4.69) is 22.0 Å². The molecular formula is C15H16N4O. The van der Waals surface area contributed by atoms with Gasteiger partial charge in [-0.25, -0.2) is 4.98 Å². The van der Waals surface area contributed by atoms with Crippen molar-refractivity contribution in [3.8, 4) is 11.5 Å². The van der Waals surface area contributed by atoms with Gasteiger partial charge in [-0.2, -0.15) is 4.98 Å². The zero-order valence-electron chi connectivity index (χ0n) is 11.3. The molecule has 0 saturated carbocycles. The van der Waals surface area contributed by atoms with E-state index in [1.165, 1.54) is 0 Å². The van der Waals surface area contributed by atoms with Crippen molar-refractivity contribution in [2.75, 3.05) is 0 Å². The van der Waals surface area contributed by atoms with Gasteiger partial charge in [-0.05, 0) is 18.6 Å². The Hall–Kier alpha value is -2.27. The van der Waals surface area contributed by atoms with Crippen molar-refractivity contribution in [3.05, 3.63) is 42.3 Å². The molecule has 1 atom stereocenters. The van der Waals surface area contributed by atoms with Gasteiger partial charge in [-0.15, -0.1) is 0 Å². The summed E-state index contributed by atoms with van der Waals surface area (Å²) in [6.07, 6.45) is 1.81. The van der Waals surface area contributed by atoms with E-state index in [0.717, 1.165) is 23.7 Å². The fourth-order valence-electron chi connectivity index (χ4n) is 2.11. The molecule has 0 aliphatic heterocycles. The van der Waals surface area contributed by atoms with E-state index in [1.807, 2.05) is 36.4 Å². The SMILES string of the molecule is CCC[C@@H](N)c1nc(-c2ccc3ccccc3n2)no1. The molecule has 3 aromatic rings. The van der Waals surface area contributed by atoms with Crippen LogP contribution in [0.4, 0.5) is 0 Å². The molecule has 2 heterocycles. The third kappa shape index (κ3) is 2.40. The van der Waals surface area contributed by atoms with E-state index in [1.54, 1.807) is 0 Å². The molecule has 2 N–H and O–H groups in total. The first-order valence-electron chi connectivity index (χ1n) is 6.73. The largest absolute Gasteiger partial charge is 0.337 e. The Kier molecular flexibility index (Phi) is 3.43. The number of fused-ring (bicyclic) bond motifs is 1. The number of benzene rings is 1. The highest BCUT2D eigenvalue weighted by atomic mass is 16.5. The molecule has 2 aromatic heterocycles. The molecule has 1 aromatic carbocycles. The summed E-state index contributed by atoms with van der Waals surface area (Å²) in [6, 6.07) is 11.6. The quantitative estimate of drug-likeness (QED) is 0.786. The maximum atomic E-state index is 5.97. The predicted molar refractivity (Wildman–Crippen MR) is 76.9 cm³/mol. The zero-order chi connectivity index (χ0) is 13.9. The fraction of sp³-hybridized carbons (Fsp3) is 0.267. The van der Waals surface area contributed by atoms with E-state index in [9.17, 15) is 0 Å². The van der Waals surface area contributed by atoms with Crippen LogP contribution in [0.2, 0.25) is 0 Å². The lowest BCUT2D eigenvalue weighted by molar-refractivity contribution is 0.348. The molecule has 102 valence electrons.